The standard InChI is InChI=1S/C5H12.5C2H6.CH4.B.H2/c1-5(2,3)4;5*1-2;;;/h1-4H3;5*1-2H3;1H4;;1H/i;;;;;;;;1+1. The normalized spacial score (nSPS) is 5.29. The van der Waals surface area contributed by atoms with Gasteiger partial charge in [0.05, 0.1) is 0 Å². The van der Waals surface area contributed by atoms with E-state index in [0.29, 0.717) is 5.41 Å². The Kier molecular flexibility index (Phi) is 312. The third-order valence-corrected chi connectivity index (χ3v) is 0. The maximum absolute atomic E-state index is 2.19. The fraction of sp³-hybridized carbons (Fsp3) is 1.00. The topological polar surface area (TPSA) is 0 Å². The number of hydrogen-bond donors (Lipinski definition) is 0. The van der Waals surface area contributed by atoms with Crippen molar-refractivity contribution in [3.8, 4) is 0 Å². The van der Waals surface area contributed by atoms with Crippen LogP contribution in [0.3, 0.4) is 0 Å². The van der Waals surface area contributed by atoms with Gasteiger partial charge >= 0.3 is 0 Å². The summed E-state index contributed by atoms with van der Waals surface area (Å²) >= 11 is 0. The van der Waals surface area contributed by atoms with Gasteiger partial charge in [-0.15, -0.1) is 0 Å². The van der Waals surface area contributed by atoms with Gasteiger partial charge < -0.3 is 0 Å². The Hall–Kier alpha value is 0.0649. The Balaban J connectivity index is -0.00000000797. The molecule has 0 amide bonds. The first-order chi connectivity index (χ1) is 7.00. The number of rotatable bonds is 0. The SMILES string of the molecule is C.CC.CC.CC.CC.CC.CC(C)(C)C.[2HH].[B]. The molecule has 0 heterocycles. The van der Waals surface area contributed by atoms with E-state index in [2.05, 4.69) is 27.7 Å². The van der Waals surface area contributed by atoms with Crippen LogP contribution in [0.4, 0.5) is 0 Å². The van der Waals surface area contributed by atoms with E-state index in [1.165, 1.54) is 0 Å². The highest BCUT2D eigenvalue weighted by molar-refractivity contribution is 5.75. The second-order valence-electron chi connectivity index (χ2n) is 3.00. The fourth-order valence-corrected chi connectivity index (χ4v) is 0. The quantitative estimate of drug-likeness (QED) is 0.388. The van der Waals surface area contributed by atoms with Crippen molar-refractivity contribution in [2.45, 2.75) is 104 Å². The fourth-order valence-electron chi connectivity index (χ4n) is 0. The summed E-state index contributed by atoms with van der Waals surface area (Å²) in [6.45, 7) is 28.8. The first kappa shape index (κ1) is 53.6. The van der Waals surface area contributed by atoms with Crippen LogP contribution in [0.2, 0.25) is 0 Å². The van der Waals surface area contributed by atoms with E-state index in [9.17, 15) is 0 Å². The maximum Gasteiger partial charge on any atom is 0 e. The van der Waals surface area contributed by atoms with E-state index in [1.807, 2.05) is 69.2 Å². The first-order valence-electron chi connectivity index (χ1n) is 7.00. The van der Waals surface area contributed by atoms with Crippen LogP contribution in [0.15, 0.2) is 0 Å². The predicted octanol–water partition coefficient (Wildman–Crippen LogP) is 7.68. The molecule has 0 aromatic rings. The van der Waals surface area contributed by atoms with E-state index in [-0.39, 0.29) is 17.3 Å². The molecule has 0 unspecified atom stereocenters. The lowest BCUT2D eigenvalue weighted by Gasteiger charge is -2.05. The van der Waals surface area contributed by atoms with Gasteiger partial charge in [-0.05, 0) is 5.41 Å². The van der Waals surface area contributed by atoms with Gasteiger partial charge in [0, 0.05) is 9.84 Å². The number of hydrogen-bond acceptors (Lipinski definition) is 0. The third kappa shape index (κ3) is 754000. The summed E-state index contributed by atoms with van der Waals surface area (Å²) in [7, 11) is 0. The van der Waals surface area contributed by atoms with Crippen molar-refractivity contribution in [1.82, 2.24) is 0 Å². The van der Waals surface area contributed by atoms with Crippen molar-refractivity contribution in [2.75, 3.05) is 0 Å². The Labute approximate surface area is 120 Å². The molecule has 0 aliphatic carbocycles. The minimum absolute atomic E-state index is 0. The lowest BCUT2D eigenvalue weighted by molar-refractivity contribution is 0.469. The van der Waals surface area contributed by atoms with Crippen molar-refractivity contribution in [3.05, 3.63) is 0 Å². The van der Waals surface area contributed by atoms with Crippen LogP contribution in [-0.4, -0.2) is 8.41 Å². The third-order valence-electron chi connectivity index (χ3n) is 0. The van der Waals surface area contributed by atoms with E-state index in [4.69, 9.17) is 0 Å². The Morgan fingerprint density at radius 3 is 0.471 bits per heavy atom. The molecule has 115 valence electrons. The van der Waals surface area contributed by atoms with Crippen LogP contribution in [0.5, 0.6) is 0 Å². The van der Waals surface area contributed by atoms with Gasteiger partial charge in [-0.3, -0.25) is 0 Å². The Morgan fingerprint density at radius 1 is 0.471 bits per heavy atom. The van der Waals surface area contributed by atoms with Crippen molar-refractivity contribution in [1.29, 1.82) is 0 Å². The minimum atomic E-state index is 0. The largest absolute Gasteiger partial charge is 0.0776 e. The highest BCUT2D eigenvalue weighted by atomic mass is 14.0. The van der Waals surface area contributed by atoms with Crippen LogP contribution in [-0.2, 0) is 0 Å². The van der Waals surface area contributed by atoms with Gasteiger partial charge in [0.25, 0.3) is 0 Å². The molecule has 0 saturated heterocycles. The average molecular weight is 252 g/mol. The van der Waals surface area contributed by atoms with Gasteiger partial charge in [-0.1, -0.05) is 104 Å². The molecule has 0 rings (SSSR count). The molecule has 0 N–H and O–H groups in total. The molecule has 0 saturated carbocycles. The zero-order valence-corrected chi connectivity index (χ0v) is 15.1. The molecule has 1 heteroatoms. The van der Waals surface area contributed by atoms with Crippen LogP contribution < -0.4 is 0 Å². The molecule has 0 fully saturated rings. The maximum atomic E-state index is 2.19. The molecule has 0 aliphatic heterocycles. The second kappa shape index (κ2) is 99.1. The monoisotopic (exact) mass is 252 g/mol. The van der Waals surface area contributed by atoms with Gasteiger partial charge in [-0.25, -0.2) is 0 Å². The van der Waals surface area contributed by atoms with Crippen LogP contribution >= 0.6 is 0 Å². The smallest absolute Gasteiger partial charge is 0 e. The summed E-state index contributed by atoms with van der Waals surface area (Å²) in [5.74, 6) is 0. The minimum Gasteiger partial charge on any atom is -0.0776 e. The molecule has 0 bridgehead atoms. The summed E-state index contributed by atoms with van der Waals surface area (Å²) in [6.07, 6.45) is 0. The van der Waals surface area contributed by atoms with E-state index in [0.717, 1.165) is 0 Å². The van der Waals surface area contributed by atoms with E-state index in [1.54, 1.807) is 0 Å². The highest BCUT2D eigenvalue weighted by Gasteiger charge is 1.95. The Morgan fingerprint density at radius 2 is 0.471 bits per heavy atom. The summed E-state index contributed by atoms with van der Waals surface area (Å²) in [5.41, 5.74) is 0.500. The lowest BCUT2D eigenvalue weighted by Crippen LogP contribution is -1.93. The van der Waals surface area contributed by atoms with Gasteiger partial charge in [0.2, 0.25) is 0 Å². The molecule has 3 radical (unpaired) electrons. The van der Waals surface area contributed by atoms with Crippen LogP contribution in [0, 0.1) is 5.41 Å². The van der Waals surface area contributed by atoms with Crippen LogP contribution in [0.25, 0.3) is 0 Å². The van der Waals surface area contributed by atoms with Crippen molar-refractivity contribution < 1.29 is 1.43 Å². The summed E-state index contributed by atoms with van der Waals surface area (Å²) in [5, 5.41) is 0. The molecule has 17 heavy (non-hydrogen) atoms. The highest BCUT2D eigenvalue weighted by Crippen LogP contribution is 2.07. The molecular weight excluding hydrogens is 203 g/mol. The predicted molar refractivity (Wildman–Crippen MR) is 96.5 cm³/mol. The van der Waals surface area contributed by atoms with Crippen molar-refractivity contribution in [2.24, 2.45) is 5.41 Å². The zero-order chi connectivity index (χ0) is 14.5. The molecular formula is C16H48B. The average Bonchev–Trinajstić information content (AvgIpc) is 2.29. The molecule has 0 spiro atoms. The summed E-state index contributed by atoms with van der Waals surface area (Å²) in [6, 6.07) is 0. The molecule has 0 aliphatic rings. The van der Waals surface area contributed by atoms with E-state index < -0.39 is 0 Å². The first-order valence-corrected chi connectivity index (χ1v) is 7.00. The lowest BCUT2D eigenvalue weighted by atomic mass is 10.0. The van der Waals surface area contributed by atoms with Crippen molar-refractivity contribution in [3.63, 3.8) is 0 Å². The van der Waals surface area contributed by atoms with Crippen LogP contribution in [0.1, 0.15) is 106 Å². The molecule has 0 aromatic carbocycles. The molecule has 0 nitrogen and oxygen atoms in total. The Bertz CT molecular complexity index is 26.6. The molecule has 0 atom stereocenters. The van der Waals surface area contributed by atoms with E-state index >= 15 is 0 Å². The van der Waals surface area contributed by atoms with Gasteiger partial charge in [0.1, 0.15) is 0 Å². The van der Waals surface area contributed by atoms with Crippen molar-refractivity contribution >= 4 is 8.41 Å². The molecule has 0 aromatic heterocycles. The second-order valence-corrected chi connectivity index (χ2v) is 3.00. The zero-order valence-electron chi connectivity index (χ0n) is 15.1. The van der Waals surface area contributed by atoms with Gasteiger partial charge in [0.15, 0.2) is 0 Å². The summed E-state index contributed by atoms with van der Waals surface area (Å²) in [4.78, 5) is 0. The van der Waals surface area contributed by atoms with Gasteiger partial charge in [-0.2, -0.15) is 0 Å². The summed E-state index contributed by atoms with van der Waals surface area (Å²) < 4.78 is 0.